The molecule has 6 atom stereocenters. The Balaban J connectivity index is 1.25. The van der Waals surface area contributed by atoms with Crippen LogP contribution in [0, 0.1) is 37.5 Å². The lowest BCUT2D eigenvalue weighted by molar-refractivity contribution is -0.123. The van der Waals surface area contributed by atoms with Gasteiger partial charge in [0.25, 0.3) is 0 Å². The van der Waals surface area contributed by atoms with E-state index in [0.717, 1.165) is 17.5 Å². The van der Waals surface area contributed by atoms with Crippen LogP contribution >= 0.6 is 31.9 Å². The molecule has 2 saturated carbocycles. The monoisotopic (exact) mass is 587 g/mol. The van der Waals surface area contributed by atoms with Crippen molar-refractivity contribution < 1.29 is 23.9 Å². The van der Waals surface area contributed by atoms with E-state index >= 15 is 0 Å². The number of hydrogen-bond donors (Lipinski definition) is 0. The number of Topliss-reactive ketones (excluding diaryl/α,β-unsaturated/α-hetero) is 1. The number of nitrogens with zero attached hydrogens (tertiary/aromatic N) is 1. The Morgan fingerprint density at radius 1 is 0.882 bits per heavy atom. The van der Waals surface area contributed by atoms with E-state index in [-0.39, 0.29) is 63.1 Å². The Morgan fingerprint density at radius 3 is 2.00 bits per heavy atom. The fourth-order valence-electron chi connectivity index (χ4n) is 5.56. The predicted molar refractivity (Wildman–Crippen MR) is 133 cm³/mol. The van der Waals surface area contributed by atoms with Gasteiger partial charge in [-0.1, -0.05) is 44.0 Å². The molecule has 3 fully saturated rings. The molecule has 8 heteroatoms. The number of hydrogen-bond acceptors (Lipinski definition) is 5. The highest BCUT2D eigenvalue weighted by Gasteiger charge is 2.66. The van der Waals surface area contributed by atoms with Crippen LogP contribution in [0.1, 0.15) is 38.3 Å². The lowest BCUT2D eigenvalue weighted by Crippen LogP contribution is -2.37. The van der Waals surface area contributed by atoms with Gasteiger partial charge in [-0.05, 0) is 73.6 Å². The third-order valence-electron chi connectivity index (χ3n) is 7.51. The number of anilines is 1. The third-order valence-corrected chi connectivity index (χ3v) is 10.7. The number of aryl methyl sites for hydroxylation is 2. The van der Waals surface area contributed by atoms with Crippen molar-refractivity contribution in [2.75, 3.05) is 11.5 Å². The summed E-state index contributed by atoms with van der Waals surface area (Å²) in [5.74, 6) is -1.55. The Morgan fingerprint density at radius 2 is 1.44 bits per heavy atom. The van der Waals surface area contributed by atoms with Crippen molar-refractivity contribution in [3.05, 3.63) is 64.7 Å². The van der Waals surface area contributed by atoms with E-state index in [1.807, 2.05) is 19.9 Å². The zero-order chi connectivity index (χ0) is 24.3. The summed E-state index contributed by atoms with van der Waals surface area (Å²) >= 11 is 7.38. The van der Waals surface area contributed by atoms with Crippen LogP contribution in [0.2, 0.25) is 0 Å². The maximum Gasteiger partial charge on any atom is 0.338 e. The lowest BCUT2D eigenvalue weighted by atomic mass is 9.81. The highest BCUT2D eigenvalue weighted by molar-refractivity contribution is 9.12. The highest BCUT2D eigenvalue weighted by Crippen LogP contribution is 2.60. The molecular formula is C26H23Br2NO5. The summed E-state index contributed by atoms with van der Waals surface area (Å²) in [5.41, 5.74) is 3.27. The molecule has 3 aliphatic rings. The summed E-state index contributed by atoms with van der Waals surface area (Å²) in [4.78, 5) is 52.8. The maximum atomic E-state index is 13.2. The second kappa shape index (κ2) is 8.72. The predicted octanol–water partition coefficient (Wildman–Crippen LogP) is 4.63. The van der Waals surface area contributed by atoms with Gasteiger partial charge in [-0.3, -0.25) is 19.3 Å². The second-order valence-corrected chi connectivity index (χ2v) is 11.5. The first-order valence-corrected chi connectivity index (χ1v) is 13.1. The molecule has 6 nitrogen and oxygen atoms in total. The molecule has 2 aromatic rings. The molecular weight excluding hydrogens is 566 g/mol. The first-order chi connectivity index (χ1) is 16.2. The molecule has 1 heterocycles. The van der Waals surface area contributed by atoms with Crippen LogP contribution in [0.4, 0.5) is 5.69 Å². The number of esters is 1. The minimum atomic E-state index is -0.637. The van der Waals surface area contributed by atoms with Gasteiger partial charge in [0.1, 0.15) is 0 Å². The molecule has 5 rings (SSSR count). The molecule has 1 aliphatic heterocycles. The topological polar surface area (TPSA) is 80.8 Å². The van der Waals surface area contributed by atoms with Crippen molar-refractivity contribution in [3.8, 4) is 0 Å². The molecule has 2 bridgehead atoms. The first-order valence-electron chi connectivity index (χ1n) is 11.2. The van der Waals surface area contributed by atoms with Gasteiger partial charge < -0.3 is 4.74 Å². The van der Waals surface area contributed by atoms with Gasteiger partial charge in [-0.25, -0.2) is 4.79 Å². The summed E-state index contributed by atoms with van der Waals surface area (Å²) in [6, 6.07) is 11.6. The van der Waals surface area contributed by atoms with Crippen molar-refractivity contribution in [1.29, 1.82) is 0 Å². The lowest BCUT2D eigenvalue weighted by Gasteiger charge is -2.28. The van der Waals surface area contributed by atoms with Gasteiger partial charge >= 0.3 is 5.97 Å². The van der Waals surface area contributed by atoms with Crippen molar-refractivity contribution in [1.82, 2.24) is 0 Å². The summed E-state index contributed by atoms with van der Waals surface area (Å²) in [6.07, 6.45) is 0.873. The molecule has 0 spiro atoms. The molecule has 0 unspecified atom stereocenters. The number of carbonyl (C=O) groups is 4. The van der Waals surface area contributed by atoms with Crippen molar-refractivity contribution in [3.63, 3.8) is 0 Å². The van der Waals surface area contributed by atoms with E-state index in [0.29, 0.717) is 11.3 Å². The van der Waals surface area contributed by atoms with Crippen molar-refractivity contribution >= 4 is 61.1 Å². The molecule has 2 amide bonds. The molecule has 2 aromatic carbocycles. The van der Waals surface area contributed by atoms with E-state index in [4.69, 9.17) is 4.74 Å². The minimum absolute atomic E-state index is 0.143. The molecule has 176 valence electrons. The zero-order valence-corrected chi connectivity index (χ0v) is 21.8. The Hall–Kier alpha value is -2.32. The third kappa shape index (κ3) is 3.66. The summed E-state index contributed by atoms with van der Waals surface area (Å²) < 4.78 is 5.20. The first kappa shape index (κ1) is 23.4. The smallest absolute Gasteiger partial charge is 0.338 e. The number of alkyl halides is 2. The Bertz CT molecular complexity index is 1180. The summed E-state index contributed by atoms with van der Waals surface area (Å²) in [7, 11) is 0. The van der Waals surface area contributed by atoms with Crippen LogP contribution < -0.4 is 4.90 Å². The standard InChI is InChI=1S/C26H23Br2NO5/c1-12-3-4-15(9-13(12)2)19(30)11-34-26(33)14-5-7-16(8-6-14)29-24(31)20-17-10-18(21(20)25(29)32)23(28)22(17)27/h3-9,17-18,20-23H,10-11H2,1-2H3/t17-,18-,20-,21-,22-,23+/m1/s1. The number of benzene rings is 2. The van der Waals surface area contributed by atoms with Crippen LogP contribution in [0.5, 0.6) is 0 Å². The van der Waals surface area contributed by atoms with Crippen molar-refractivity contribution in [2.24, 2.45) is 23.7 Å². The minimum Gasteiger partial charge on any atom is -0.454 e. The second-order valence-electron chi connectivity index (χ2n) is 9.36. The van der Waals surface area contributed by atoms with Crippen molar-refractivity contribution in [2.45, 2.75) is 29.9 Å². The Labute approximate surface area is 214 Å². The highest BCUT2D eigenvalue weighted by atomic mass is 79.9. The van der Waals surface area contributed by atoms with Crippen LogP contribution in [0.25, 0.3) is 0 Å². The normalized spacial score (nSPS) is 29.5. The van der Waals surface area contributed by atoms with Gasteiger partial charge in [0, 0.05) is 15.2 Å². The van der Waals surface area contributed by atoms with Crippen LogP contribution in [0.15, 0.2) is 42.5 Å². The van der Waals surface area contributed by atoms with Crippen LogP contribution in [-0.2, 0) is 14.3 Å². The van der Waals surface area contributed by atoms with Gasteiger partial charge in [0.15, 0.2) is 12.4 Å². The van der Waals surface area contributed by atoms with Gasteiger partial charge in [-0.2, -0.15) is 0 Å². The number of carbonyl (C=O) groups excluding carboxylic acids is 4. The average molecular weight is 589 g/mol. The largest absolute Gasteiger partial charge is 0.454 e. The SMILES string of the molecule is Cc1ccc(C(=O)COC(=O)c2ccc(N3C(=O)[C@@H]4[C@H]5C[C@@H]([C@@H](Br)[C@H]5Br)[C@H]4C3=O)cc2)cc1C. The van der Waals surface area contributed by atoms with E-state index in [9.17, 15) is 19.2 Å². The number of halogens is 2. The molecule has 0 radical (unpaired) electrons. The fraction of sp³-hybridized carbons (Fsp3) is 0.385. The number of rotatable bonds is 5. The molecule has 2 aliphatic carbocycles. The number of imide groups is 1. The molecule has 34 heavy (non-hydrogen) atoms. The summed E-state index contributed by atoms with van der Waals surface area (Å²) in [5, 5.41) is 0. The van der Waals surface area contributed by atoms with E-state index in [1.165, 1.54) is 17.0 Å². The number of ketones is 1. The average Bonchev–Trinajstić information content (AvgIpc) is 3.44. The van der Waals surface area contributed by atoms with Gasteiger partial charge in [0.05, 0.1) is 23.1 Å². The Kier molecular flexibility index (Phi) is 6.01. The fourth-order valence-corrected chi connectivity index (χ4v) is 7.44. The molecule has 1 saturated heterocycles. The van der Waals surface area contributed by atoms with Crippen LogP contribution in [0.3, 0.4) is 0 Å². The van der Waals surface area contributed by atoms with E-state index in [1.54, 1.807) is 24.3 Å². The zero-order valence-electron chi connectivity index (χ0n) is 18.7. The maximum absolute atomic E-state index is 13.2. The number of fused-ring (bicyclic) bond motifs is 5. The molecule has 0 aromatic heterocycles. The van der Waals surface area contributed by atoms with Gasteiger partial charge in [0.2, 0.25) is 11.8 Å². The van der Waals surface area contributed by atoms with E-state index in [2.05, 4.69) is 31.9 Å². The quantitative estimate of drug-likeness (QED) is 0.220. The van der Waals surface area contributed by atoms with Crippen LogP contribution in [-0.4, -0.2) is 39.8 Å². The number of ether oxygens (including phenoxy) is 1. The molecule has 0 N–H and O–H groups in total. The summed E-state index contributed by atoms with van der Waals surface area (Å²) in [6.45, 7) is 3.52. The van der Waals surface area contributed by atoms with Gasteiger partial charge in [-0.15, -0.1) is 0 Å². The van der Waals surface area contributed by atoms with E-state index < -0.39 is 5.97 Å². The number of amides is 2.